The van der Waals surface area contributed by atoms with Crippen LogP contribution >= 0.6 is 0 Å². The number of nitrogens with two attached hydrogens (primary N) is 2. The first-order chi connectivity index (χ1) is 20.7. The molecule has 4 aromatic carbocycles. The molecule has 1 saturated carbocycles. The molecule has 1 aliphatic rings. The van der Waals surface area contributed by atoms with E-state index in [0.717, 1.165) is 69.0 Å². The molecule has 0 aliphatic heterocycles. The highest BCUT2D eigenvalue weighted by atomic mass is 16.5. The fourth-order valence-corrected chi connectivity index (χ4v) is 7.09. The van der Waals surface area contributed by atoms with Gasteiger partial charge >= 0.3 is 0 Å². The molecule has 4 N–H and O–H groups in total. The van der Waals surface area contributed by atoms with Gasteiger partial charge in [-0.1, -0.05) is 69.7 Å². The quantitative estimate of drug-likeness (QED) is 0.145. The zero-order chi connectivity index (χ0) is 30.6. The maximum atomic E-state index is 6.40. The molecule has 0 aromatic heterocycles. The van der Waals surface area contributed by atoms with Crippen molar-refractivity contribution >= 4 is 11.4 Å². The highest BCUT2D eigenvalue weighted by Gasteiger charge is 2.40. The molecule has 0 amide bonds. The van der Waals surface area contributed by atoms with E-state index in [2.05, 4.69) is 58.9 Å². The van der Waals surface area contributed by atoms with Crippen molar-refractivity contribution in [2.24, 2.45) is 5.92 Å². The van der Waals surface area contributed by atoms with Crippen molar-refractivity contribution in [3.05, 3.63) is 106 Å². The van der Waals surface area contributed by atoms with Crippen LogP contribution in [0.2, 0.25) is 0 Å². The number of hydrogen-bond acceptors (Lipinski definition) is 4. The van der Waals surface area contributed by atoms with Crippen molar-refractivity contribution in [2.45, 2.75) is 91.4 Å². The molecule has 4 nitrogen and oxygen atoms in total. The summed E-state index contributed by atoms with van der Waals surface area (Å²) in [6, 6.07) is 24.8. The van der Waals surface area contributed by atoms with Gasteiger partial charge in [0, 0.05) is 16.8 Å². The van der Waals surface area contributed by atoms with Gasteiger partial charge in [-0.3, -0.25) is 0 Å². The van der Waals surface area contributed by atoms with Crippen molar-refractivity contribution in [1.82, 2.24) is 0 Å². The Kier molecular flexibility index (Phi) is 9.34. The maximum absolute atomic E-state index is 6.40. The van der Waals surface area contributed by atoms with Gasteiger partial charge in [0.15, 0.2) is 0 Å². The van der Waals surface area contributed by atoms with E-state index >= 15 is 0 Å². The number of benzene rings is 4. The number of ether oxygens (including phenoxy) is 2. The standard InChI is InChI=1S/C39H48N2O2/c1-6-7-8-10-30-11-9-20-39(25-30,31-21-26(2)37(27(3)22-31)42-35-16-12-33(40)13-17-35)32-23-28(4)38(29(5)24-32)43-36-18-14-34(41)15-19-36/h12-19,21-24,30H,6-11,20,25,40-41H2,1-5H3. The van der Waals surface area contributed by atoms with E-state index in [1.165, 1.54) is 56.1 Å². The minimum atomic E-state index is -0.0559. The van der Waals surface area contributed by atoms with Gasteiger partial charge in [0.25, 0.3) is 0 Å². The third-order valence-electron chi connectivity index (χ3n) is 9.29. The van der Waals surface area contributed by atoms with Crippen LogP contribution in [0.5, 0.6) is 23.0 Å². The molecule has 0 saturated heterocycles. The summed E-state index contributed by atoms with van der Waals surface area (Å²) in [6.07, 6.45) is 10.1. The Morgan fingerprint density at radius 1 is 0.674 bits per heavy atom. The summed E-state index contributed by atoms with van der Waals surface area (Å²) < 4.78 is 12.8. The normalized spacial score (nSPS) is 16.2. The Hall–Kier alpha value is -3.92. The minimum absolute atomic E-state index is 0.0559. The van der Waals surface area contributed by atoms with Crippen molar-refractivity contribution < 1.29 is 9.47 Å². The lowest BCUT2D eigenvalue weighted by Gasteiger charge is -2.43. The predicted octanol–water partition coefficient (Wildman–Crippen LogP) is 10.7. The Balaban J connectivity index is 1.55. The first-order valence-electron chi connectivity index (χ1n) is 16.0. The van der Waals surface area contributed by atoms with Gasteiger partial charge in [-0.05, 0) is 128 Å². The van der Waals surface area contributed by atoms with E-state index in [1.54, 1.807) is 0 Å². The fourth-order valence-electron chi connectivity index (χ4n) is 7.09. The largest absolute Gasteiger partial charge is 0.457 e. The molecule has 0 heterocycles. The summed E-state index contributed by atoms with van der Waals surface area (Å²) in [6.45, 7) is 11.0. The van der Waals surface area contributed by atoms with Gasteiger partial charge in [-0.15, -0.1) is 0 Å². The van der Waals surface area contributed by atoms with E-state index in [4.69, 9.17) is 20.9 Å². The van der Waals surface area contributed by atoms with Gasteiger partial charge in [0.05, 0.1) is 0 Å². The third kappa shape index (κ3) is 6.85. The first-order valence-corrected chi connectivity index (χ1v) is 16.0. The molecule has 1 unspecified atom stereocenters. The Labute approximate surface area is 258 Å². The van der Waals surface area contributed by atoms with E-state index in [0.29, 0.717) is 0 Å². The van der Waals surface area contributed by atoms with Crippen LogP contribution in [0.4, 0.5) is 11.4 Å². The molecular weight excluding hydrogens is 528 g/mol. The SMILES string of the molecule is CCCCCC1CCCC(c2cc(C)c(Oc3ccc(N)cc3)c(C)c2)(c2cc(C)c(Oc3ccc(N)cc3)c(C)c2)C1. The van der Waals surface area contributed by atoms with Crippen LogP contribution in [0.1, 0.15) is 91.7 Å². The second-order valence-electron chi connectivity index (χ2n) is 12.8. The lowest BCUT2D eigenvalue weighted by molar-refractivity contribution is 0.240. The lowest BCUT2D eigenvalue weighted by atomic mass is 9.61. The van der Waals surface area contributed by atoms with Gasteiger partial charge in [0.1, 0.15) is 23.0 Å². The summed E-state index contributed by atoms with van der Waals surface area (Å²) in [7, 11) is 0. The number of unbranched alkanes of at least 4 members (excludes halogenated alkanes) is 2. The second kappa shape index (κ2) is 13.2. The number of anilines is 2. The summed E-state index contributed by atoms with van der Waals surface area (Å²) in [4.78, 5) is 0. The van der Waals surface area contributed by atoms with E-state index < -0.39 is 0 Å². The van der Waals surface area contributed by atoms with Gasteiger partial charge in [-0.2, -0.15) is 0 Å². The van der Waals surface area contributed by atoms with Crippen molar-refractivity contribution in [3.63, 3.8) is 0 Å². The summed E-state index contributed by atoms with van der Waals surface area (Å²) in [5.41, 5.74) is 20.7. The first kappa shape index (κ1) is 30.5. The zero-order valence-corrected chi connectivity index (χ0v) is 26.6. The number of nitrogen functional groups attached to an aromatic ring is 2. The predicted molar refractivity (Wildman–Crippen MR) is 181 cm³/mol. The maximum Gasteiger partial charge on any atom is 0.133 e. The monoisotopic (exact) mass is 576 g/mol. The minimum Gasteiger partial charge on any atom is -0.457 e. The molecule has 1 atom stereocenters. The van der Waals surface area contributed by atoms with E-state index in [-0.39, 0.29) is 5.41 Å². The Morgan fingerprint density at radius 3 is 1.53 bits per heavy atom. The van der Waals surface area contributed by atoms with Crippen LogP contribution in [0.25, 0.3) is 0 Å². The van der Waals surface area contributed by atoms with Crippen LogP contribution in [0.3, 0.4) is 0 Å². The van der Waals surface area contributed by atoms with Crippen LogP contribution in [-0.2, 0) is 5.41 Å². The van der Waals surface area contributed by atoms with Crippen molar-refractivity contribution in [1.29, 1.82) is 0 Å². The zero-order valence-electron chi connectivity index (χ0n) is 26.6. The van der Waals surface area contributed by atoms with Gasteiger partial charge in [0.2, 0.25) is 0 Å². The second-order valence-corrected chi connectivity index (χ2v) is 12.8. The average molecular weight is 577 g/mol. The number of aryl methyl sites for hydroxylation is 4. The van der Waals surface area contributed by atoms with Crippen molar-refractivity contribution in [2.75, 3.05) is 11.5 Å². The Bertz CT molecular complexity index is 1390. The number of hydrogen-bond donors (Lipinski definition) is 2. The van der Waals surface area contributed by atoms with E-state index in [1.807, 2.05) is 48.5 Å². The van der Waals surface area contributed by atoms with Gasteiger partial charge in [-0.25, -0.2) is 0 Å². The third-order valence-corrected chi connectivity index (χ3v) is 9.29. The van der Waals surface area contributed by atoms with Crippen LogP contribution < -0.4 is 20.9 Å². The van der Waals surface area contributed by atoms with Crippen LogP contribution in [-0.4, -0.2) is 0 Å². The number of rotatable bonds is 10. The molecule has 5 rings (SSSR count). The lowest BCUT2D eigenvalue weighted by Crippen LogP contribution is -2.35. The summed E-state index contributed by atoms with van der Waals surface area (Å²) in [5.74, 6) is 4.19. The molecule has 226 valence electrons. The highest BCUT2D eigenvalue weighted by molar-refractivity contribution is 5.55. The molecule has 4 aromatic rings. The summed E-state index contributed by atoms with van der Waals surface area (Å²) >= 11 is 0. The fraction of sp³-hybridized carbons (Fsp3) is 0.385. The van der Waals surface area contributed by atoms with Crippen LogP contribution in [0.15, 0.2) is 72.8 Å². The molecule has 0 spiro atoms. The molecular formula is C39H48N2O2. The van der Waals surface area contributed by atoms with E-state index in [9.17, 15) is 0 Å². The molecule has 0 radical (unpaired) electrons. The average Bonchev–Trinajstić information content (AvgIpc) is 2.99. The van der Waals surface area contributed by atoms with Crippen LogP contribution in [0, 0.1) is 33.6 Å². The molecule has 1 aliphatic carbocycles. The molecule has 4 heteroatoms. The smallest absolute Gasteiger partial charge is 0.133 e. The summed E-state index contributed by atoms with van der Waals surface area (Å²) in [5, 5.41) is 0. The molecule has 43 heavy (non-hydrogen) atoms. The van der Waals surface area contributed by atoms with Gasteiger partial charge < -0.3 is 20.9 Å². The Morgan fingerprint density at radius 2 is 1.12 bits per heavy atom. The highest BCUT2D eigenvalue weighted by Crippen LogP contribution is 2.50. The molecule has 1 fully saturated rings. The van der Waals surface area contributed by atoms with Crippen molar-refractivity contribution in [3.8, 4) is 23.0 Å². The molecule has 0 bridgehead atoms. The topological polar surface area (TPSA) is 70.5 Å².